The zero-order valence-corrected chi connectivity index (χ0v) is 14.6. The second-order valence-electron chi connectivity index (χ2n) is 6.00. The zero-order valence-electron chi connectivity index (χ0n) is 13.8. The number of carboxylic acid groups (broad SMARTS) is 1. The highest BCUT2D eigenvalue weighted by Gasteiger charge is 2.25. The molecule has 2 aliphatic heterocycles. The van der Waals surface area contributed by atoms with E-state index in [9.17, 15) is 13.2 Å². The SMILES string of the molecule is COc1cc2ccc1S(=O)(=O)N2.O=C(O)Cc1ccc2c(c1)CCC2. The molecule has 0 aromatic heterocycles. The van der Waals surface area contributed by atoms with Crippen LogP contribution in [0.1, 0.15) is 23.1 Å². The van der Waals surface area contributed by atoms with Crippen LogP contribution in [-0.4, -0.2) is 26.6 Å². The number of aliphatic carboxylic acids is 1. The number of rotatable bonds is 3. The quantitative estimate of drug-likeness (QED) is 0.877. The summed E-state index contributed by atoms with van der Waals surface area (Å²) >= 11 is 0. The fourth-order valence-corrected chi connectivity index (χ4v) is 4.27. The van der Waals surface area contributed by atoms with E-state index in [4.69, 9.17) is 9.84 Å². The highest BCUT2D eigenvalue weighted by molar-refractivity contribution is 7.93. The average molecular weight is 361 g/mol. The summed E-state index contributed by atoms with van der Waals surface area (Å²) in [6.45, 7) is 0. The Kier molecular flexibility index (Phi) is 4.67. The van der Waals surface area contributed by atoms with E-state index in [1.165, 1.54) is 30.7 Å². The van der Waals surface area contributed by atoms with Crippen molar-refractivity contribution in [2.45, 2.75) is 30.6 Å². The molecule has 5 rings (SSSR count). The van der Waals surface area contributed by atoms with Crippen LogP contribution in [0.15, 0.2) is 41.3 Å². The van der Waals surface area contributed by atoms with Gasteiger partial charge in [-0.15, -0.1) is 0 Å². The Labute approximate surface area is 146 Å². The molecule has 0 atom stereocenters. The molecule has 0 saturated heterocycles. The molecule has 2 heterocycles. The summed E-state index contributed by atoms with van der Waals surface area (Å²) in [4.78, 5) is 10.7. The summed E-state index contributed by atoms with van der Waals surface area (Å²) in [6, 6.07) is 10.9. The summed E-state index contributed by atoms with van der Waals surface area (Å²) < 4.78 is 29.8. The van der Waals surface area contributed by atoms with Crippen molar-refractivity contribution in [3.05, 3.63) is 53.1 Å². The van der Waals surface area contributed by atoms with Crippen molar-refractivity contribution in [3.8, 4) is 5.75 Å². The Balaban J connectivity index is 0.000000146. The molecule has 0 saturated carbocycles. The van der Waals surface area contributed by atoms with Crippen LogP contribution in [0.2, 0.25) is 0 Å². The van der Waals surface area contributed by atoms with E-state index in [0.717, 1.165) is 18.4 Å². The number of carbonyl (C=O) groups is 1. The van der Waals surface area contributed by atoms with E-state index in [-0.39, 0.29) is 11.3 Å². The Morgan fingerprint density at radius 3 is 2.52 bits per heavy atom. The third kappa shape index (κ3) is 3.76. The van der Waals surface area contributed by atoms with Gasteiger partial charge in [-0.2, -0.15) is 0 Å². The first-order valence-corrected chi connectivity index (χ1v) is 9.41. The van der Waals surface area contributed by atoms with Crippen molar-refractivity contribution < 1.29 is 23.1 Å². The van der Waals surface area contributed by atoms with E-state index in [1.54, 1.807) is 12.1 Å². The van der Waals surface area contributed by atoms with Gasteiger partial charge < -0.3 is 9.84 Å². The fourth-order valence-electron chi connectivity index (χ4n) is 3.07. The van der Waals surface area contributed by atoms with Gasteiger partial charge in [-0.3, -0.25) is 9.52 Å². The van der Waals surface area contributed by atoms with Gasteiger partial charge in [-0.05, 0) is 48.1 Å². The zero-order chi connectivity index (χ0) is 18.0. The molecular formula is C18H19NO5S. The summed E-state index contributed by atoms with van der Waals surface area (Å²) in [6.07, 6.45) is 3.63. The van der Waals surface area contributed by atoms with Crippen LogP contribution >= 0.6 is 0 Å². The Morgan fingerprint density at radius 1 is 1.16 bits per heavy atom. The Bertz CT molecular complexity index is 921. The number of hydrogen-bond donors (Lipinski definition) is 2. The van der Waals surface area contributed by atoms with Gasteiger partial charge in [0.2, 0.25) is 0 Å². The molecule has 132 valence electrons. The van der Waals surface area contributed by atoms with Crippen LogP contribution in [0.4, 0.5) is 5.69 Å². The summed E-state index contributed by atoms with van der Waals surface area (Å²) in [5, 5.41) is 8.62. The molecule has 2 N–H and O–H groups in total. The number of nitrogens with one attached hydrogen (secondary N) is 1. The second kappa shape index (κ2) is 6.76. The van der Waals surface area contributed by atoms with Gasteiger partial charge >= 0.3 is 5.97 Å². The first-order valence-electron chi connectivity index (χ1n) is 7.92. The normalized spacial score (nSPS) is 15.6. The van der Waals surface area contributed by atoms with Crippen molar-refractivity contribution in [2.24, 2.45) is 0 Å². The van der Waals surface area contributed by atoms with E-state index in [0.29, 0.717) is 11.4 Å². The molecule has 0 spiro atoms. The molecule has 1 aliphatic carbocycles. The lowest BCUT2D eigenvalue weighted by molar-refractivity contribution is -0.136. The molecule has 6 nitrogen and oxygen atoms in total. The summed E-state index contributed by atoms with van der Waals surface area (Å²) in [5.41, 5.74) is 4.21. The summed E-state index contributed by atoms with van der Waals surface area (Å²) in [7, 11) is -1.89. The van der Waals surface area contributed by atoms with Crippen molar-refractivity contribution in [1.29, 1.82) is 0 Å². The summed E-state index contributed by atoms with van der Waals surface area (Å²) in [5.74, 6) is -0.357. The molecule has 2 aromatic carbocycles. The number of anilines is 1. The lowest BCUT2D eigenvalue weighted by Gasteiger charge is -2.18. The maximum absolute atomic E-state index is 11.3. The average Bonchev–Trinajstić information content (AvgIpc) is 3.01. The molecule has 7 heteroatoms. The standard InChI is InChI=1S/C11H12O2.C7H7NO3S/c12-11(13)7-8-4-5-9-2-1-3-10(9)6-8;1-11-6-4-5-2-3-7(6)12(9,10)8-5/h4-6H,1-3,7H2,(H,12,13);2-4,8H,1H3. The molecule has 25 heavy (non-hydrogen) atoms. The van der Waals surface area contributed by atoms with Gasteiger partial charge in [0.05, 0.1) is 19.2 Å². The van der Waals surface area contributed by atoms with Crippen LogP contribution in [0.3, 0.4) is 0 Å². The molecule has 3 aliphatic rings. The van der Waals surface area contributed by atoms with Gasteiger partial charge in [0, 0.05) is 6.07 Å². The van der Waals surface area contributed by atoms with Gasteiger partial charge in [0.15, 0.2) is 0 Å². The molecule has 2 bridgehead atoms. The molecule has 0 amide bonds. The second-order valence-corrected chi connectivity index (χ2v) is 7.65. The molecule has 0 fully saturated rings. The number of benzene rings is 2. The van der Waals surface area contributed by atoms with Crippen molar-refractivity contribution in [1.82, 2.24) is 0 Å². The van der Waals surface area contributed by atoms with Crippen LogP contribution in [0.25, 0.3) is 0 Å². The van der Waals surface area contributed by atoms with E-state index in [2.05, 4.69) is 10.8 Å². The van der Waals surface area contributed by atoms with Crippen LogP contribution in [0.5, 0.6) is 5.75 Å². The minimum Gasteiger partial charge on any atom is -0.495 e. The molecule has 0 radical (unpaired) electrons. The third-order valence-electron chi connectivity index (χ3n) is 4.22. The largest absolute Gasteiger partial charge is 0.495 e. The molecule has 2 aromatic rings. The van der Waals surface area contributed by atoms with Gasteiger partial charge in [-0.25, -0.2) is 8.42 Å². The van der Waals surface area contributed by atoms with Crippen molar-refractivity contribution in [2.75, 3.05) is 11.8 Å². The van der Waals surface area contributed by atoms with Gasteiger partial charge in [0.25, 0.3) is 10.0 Å². The van der Waals surface area contributed by atoms with Gasteiger partial charge in [0.1, 0.15) is 10.6 Å². The Morgan fingerprint density at radius 2 is 1.92 bits per heavy atom. The van der Waals surface area contributed by atoms with Crippen molar-refractivity contribution >= 4 is 21.7 Å². The topological polar surface area (TPSA) is 92.7 Å². The number of sulfonamides is 1. The number of fused-ring (bicyclic) bond motifs is 4. The third-order valence-corrected chi connectivity index (χ3v) is 5.64. The predicted octanol–water partition coefficient (Wildman–Crippen LogP) is 2.61. The highest BCUT2D eigenvalue weighted by atomic mass is 32.2. The van der Waals surface area contributed by atoms with Crippen LogP contribution < -0.4 is 9.46 Å². The fraction of sp³-hybridized carbons (Fsp3) is 0.278. The maximum atomic E-state index is 11.3. The molecule has 0 unspecified atom stereocenters. The number of ether oxygens (including phenoxy) is 1. The lowest BCUT2D eigenvalue weighted by Crippen LogP contribution is -2.18. The van der Waals surface area contributed by atoms with Crippen molar-refractivity contribution in [3.63, 3.8) is 0 Å². The highest BCUT2D eigenvalue weighted by Crippen LogP contribution is 2.33. The Hall–Kier alpha value is -2.54. The number of aryl methyl sites for hydroxylation is 2. The van der Waals surface area contributed by atoms with Crippen LogP contribution in [0, 0.1) is 0 Å². The van der Waals surface area contributed by atoms with Gasteiger partial charge in [-0.1, -0.05) is 18.2 Å². The monoisotopic (exact) mass is 361 g/mol. The maximum Gasteiger partial charge on any atom is 0.307 e. The predicted molar refractivity (Wildman–Crippen MR) is 93.6 cm³/mol. The van der Waals surface area contributed by atoms with E-state index in [1.807, 2.05) is 12.1 Å². The molecular weight excluding hydrogens is 342 g/mol. The van der Waals surface area contributed by atoms with E-state index >= 15 is 0 Å². The minimum atomic E-state index is -3.34. The number of hydrogen-bond acceptors (Lipinski definition) is 4. The lowest BCUT2D eigenvalue weighted by atomic mass is 10.0. The first-order chi connectivity index (χ1) is 11.9. The van der Waals surface area contributed by atoms with Crippen LogP contribution in [-0.2, 0) is 34.1 Å². The first kappa shape index (κ1) is 17.3. The van der Waals surface area contributed by atoms with E-state index < -0.39 is 16.0 Å². The number of methoxy groups -OCH3 is 1. The minimum absolute atomic E-state index is 0.146. The number of carboxylic acids is 1. The smallest absolute Gasteiger partial charge is 0.307 e.